The lowest BCUT2D eigenvalue weighted by Crippen LogP contribution is -2.04. The van der Waals surface area contributed by atoms with Gasteiger partial charge in [-0.2, -0.15) is 0 Å². The van der Waals surface area contributed by atoms with Crippen molar-refractivity contribution in [2.24, 2.45) is 0 Å². The largest absolute Gasteiger partial charge is 0.398 e. The molecular formula is C8H10FNO2S. The second kappa shape index (κ2) is 3.33. The minimum Gasteiger partial charge on any atom is -0.398 e. The Bertz CT molecular complexity index is 414. The van der Waals surface area contributed by atoms with Crippen molar-refractivity contribution in [2.45, 2.75) is 5.75 Å². The Morgan fingerprint density at radius 1 is 1.46 bits per heavy atom. The van der Waals surface area contributed by atoms with Crippen LogP contribution in [-0.2, 0) is 15.6 Å². The summed E-state index contributed by atoms with van der Waals surface area (Å²) in [6, 6.07) is 3.68. The van der Waals surface area contributed by atoms with E-state index in [1.165, 1.54) is 12.1 Å². The van der Waals surface area contributed by atoms with E-state index >= 15 is 0 Å². The molecule has 5 heteroatoms. The van der Waals surface area contributed by atoms with Gasteiger partial charge in [0.05, 0.1) is 5.75 Å². The van der Waals surface area contributed by atoms with E-state index in [4.69, 9.17) is 5.73 Å². The fourth-order valence-electron chi connectivity index (χ4n) is 0.980. The van der Waals surface area contributed by atoms with Gasteiger partial charge in [0.2, 0.25) is 0 Å². The highest BCUT2D eigenvalue weighted by Crippen LogP contribution is 2.15. The third kappa shape index (κ3) is 3.02. The molecule has 0 saturated carbocycles. The first-order valence-corrected chi connectivity index (χ1v) is 5.66. The van der Waals surface area contributed by atoms with Crippen molar-refractivity contribution < 1.29 is 12.8 Å². The minimum atomic E-state index is -3.11. The van der Waals surface area contributed by atoms with Crippen molar-refractivity contribution >= 4 is 15.5 Å². The SMILES string of the molecule is CS(=O)(=O)Cc1ccc(F)cc1N. The molecule has 0 atom stereocenters. The number of nitrogens with two attached hydrogens (primary N) is 1. The van der Waals surface area contributed by atoms with Crippen molar-refractivity contribution in [1.82, 2.24) is 0 Å². The zero-order valence-electron chi connectivity index (χ0n) is 7.12. The van der Waals surface area contributed by atoms with Crippen LogP contribution in [0.25, 0.3) is 0 Å². The molecule has 0 aliphatic rings. The first-order chi connectivity index (χ1) is 5.88. The van der Waals surface area contributed by atoms with Crippen LogP contribution in [0, 0.1) is 5.82 Å². The fourth-order valence-corrected chi connectivity index (χ4v) is 1.81. The second-order valence-electron chi connectivity index (χ2n) is 2.91. The molecule has 1 rings (SSSR count). The molecule has 2 N–H and O–H groups in total. The maximum Gasteiger partial charge on any atom is 0.151 e. The van der Waals surface area contributed by atoms with E-state index in [1.54, 1.807) is 0 Å². The lowest BCUT2D eigenvalue weighted by Gasteiger charge is -2.03. The molecule has 0 radical (unpaired) electrons. The Morgan fingerprint density at radius 3 is 2.54 bits per heavy atom. The van der Waals surface area contributed by atoms with Crippen LogP contribution in [0.2, 0.25) is 0 Å². The van der Waals surface area contributed by atoms with Crippen LogP contribution in [0.15, 0.2) is 18.2 Å². The maximum absolute atomic E-state index is 12.6. The molecule has 0 aliphatic carbocycles. The van der Waals surface area contributed by atoms with Crippen molar-refractivity contribution in [3.63, 3.8) is 0 Å². The van der Waals surface area contributed by atoms with Gasteiger partial charge in [-0.1, -0.05) is 6.07 Å². The molecule has 0 unspecified atom stereocenters. The van der Waals surface area contributed by atoms with Gasteiger partial charge in [0.15, 0.2) is 9.84 Å². The Hall–Kier alpha value is -1.10. The first-order valence-electron chi connectivity index (χ1n) is 3.60. The van der Waals surface area contributed by atoms with Crippen LogP contribution in [0.3, 0.4) is 0 Å². The quantitative estimate of drug-likeness (QED) is 0.728. The van der Waals surface area contributed by atoms with E-state index in [9.17, 15) is 12.8 Å². The number of sulfone groups is 1. The molecule has 0 heterocycles. The number of nitrogen functional groups attached to an aromatic ring is 1. The average Bonchev–Trinajstić information content (AvgIpc) is 1.93. The van der Waals surface area contributed by atoms with Gasteiger partial charge < -0.3 is 5.73 Å². The molecule has 1 aromatic rings. The molecule has 13 heavy (non-hydrogen) atoms. The fraction of sp³-hybridized carbons (Fsp3) is 0.250. The van der Waals surface area contributed by atoms with Gasteiger partial charge in [-0.15, -0.1) is 0 Å². The molecule has 0 spiro atoms. The van der Waals surface area contributed by atoms with Crippen LogP contribution in [0.5, 0.6) is 0 Å². The Kier molecular flexibility index (Phi) is 2.56. The Balaban J connectivity index is 3.04. The summed E-state index contributed by atoms with van der Waals surface area (Å²) in [7, 11) is -3.11. The van der Waals surface area contributed by atoms with Gasteiger partial charge in [-0.25, -0.2) is 12.8 Å². The third-order valence-corrected chi connectivity index (χ3v) is 2.36. The number of hydrogen-bond donors (Lipinski definition) is 1. The predicted molar refractivity (Wildman–Crippen MR) is 49.4 cm³/mol. The molecule has 72 valence electrons. The van der Waals surface area contributed by atoms with Crippen LogP contribution in [0.4, 0.5) is 10.1 Å². The summed E-state index contributed by atoms with van der Waals surface area (Å²) < 4.78 is 34.3. The summed E-state index contributed by atoms with van der Waals surface area (Å²) in [5, 5.41) is 0. The first kappa shape index (κ1) is 9.98. The molecule has 3 nitrogen and oxygen atoms in total. The molecule has 0 saturated heterocycles. The summed E-state index contributed by atoms with van der Waals surface area (Å²) in [5.74, 6) is -0.617. The average molecular weight is 203 g/mol. The van der Waals surface area contributed by atoms with E-state index in [0.29, 0.717) is 5.56 Å². The van der Waals surface area contributed by atoms with Gasteiger partial charge >= 0.3 is 0 Å². The van der Waals surface area contributed by atoms with Crippen LogP contribution >= 0.6 is 0 Å². The van der Waals surface area contributed by atoms with E-state index in [2.05, 4.69) is 0 Å². The van der Waals surface area contributed by atoms with Gasteiger partial charge in [-0.05, 0) is 17.7 Å². The van der Waals surface area contributed by atoms with Crippen LogP contribution < -0.4 is 5.73 Å². The van der Waals surface area contributed by atoms with Crippen molar-refractivity contribution in [3.8, 4) is 0 Å². The van der Waals surface area contributed by atoms with Gasteiger partial charge in [0.25, 0.3) is 0 Å². The summed E-state index contributed by atoms with van der Waals surface area (Å²) >= 11 is 0. The standard InChI is InChI=1S/C8H10FNO2S/c1-13(11,12)5-6-2-3-7(9)4-8(6)10/h2-4H,5,10H2,1H3. The van der Waals surface area contributed by atoms with E-state index < -0.39 is 15.7 Å². The second-order valence-corrected chi connectivity index (χ2v) is 5.05. The van der Waals surface area contributed by atoms with Crippen molar-refractivity contribution in [3.05, 3.63) is 29.6 Å². The predicted octanol–water partition coefficient (Wildman–Crippen LogP) is 0.953. The molecule has 0 aromatic heterocycles. The number of rotatable bonds is 2. The third-order valence-electron chi connectivity index (χ3n) is 1.53. The normalized spacial score (nSPS) is 11.5. The zero-order valence-corrected chi connectivity index (χ0v) is 7.94. The monoisotopic (exact) mass is 203 g/mol. The topological polar surface area (TPSA) is 60.2 Å². The molecule has 0 bridgehead atoms. The summed E-state index contributed by atoms with van der Waals surface area (Å²) in [4.78, 5) is 0. The van der Waals surface area contributed by atoms with Crippen molar-refractivity contribution in [2.75, 3.05) is 12.0 Å². The highest BCUT2D eigenvalue weighted by Gasteiger charge is 2.07. The summed E-state index contributed by atoms with van der Waals surface area (Å²) in [5.41, 5.74) is 6.03. The molecule has 0 fully saturated rings. The zero-order chi connectivity index (χ0) is 10.1. The van der Waals surface area contributed by atoms with Gasteiger partial charge in [0, 0.05) is 11.9 Å². The number of benzene rings is 1. The van der Waals surface area contributed by atoms with Gasteiger partial charge in [-0.3, -0.25) is 0 Å². The maximum atomic E-state index is 12.6. The molecular weight excluding hydrogens is 193 g/mol. The van der Waals surface area contributed by atoms with E-state index in [-0.39, 0.29) is 11.4 Å². The Labute approximate surface area is 76.3 Å². The van der Waals surface area contributed by atoms with Crippen LogP contribution in [-0.4, -0.2) is 14.7 Å². The lowest BCUT2D eigenvalue weighted by atomic mass is 10.2. The molecule has 1 aromatic carbocycles. The highest BCUT2D eigenvalue weighted by molar-refractivity contribution is 7.89. The number of halogens is 1. The minimum absolute atomic E-state index is 0.154. The smallest absolute Gasteiger partial charge is 0.151 e. The number of anilines is 1. The lowest BCUT2D eigenvalue weighted by molar-refractivity contribution is 0.600. The van der Waals surface area contributed by atoms with Crippen LogP contribution in [0.1, 0.15) is 5.56 Å². The van der Waals surface area contributed by atoms with E-state index in [1.807, 2.05) is 0 Å². The summed E-state index contributed by atoms with van der Waals surface area (Å²) in [6.07, 6.45) is 1.11. The number of hydrogen-bond acceptors (Lipinski definition) is 3. The van der Waals surface area contributed by atoms with E-state index in [0.717, 1.165) is 12.3 Å². The van der Waals surface area contributed by atoms with Crippen molar-refractivity contribution in [1.29, 1.82) is 0 Å². The Morgan fingerprint density at radius 2 is 2.08 bits per heavy atom. The highest BCUT2D eigenvalue weighted by atomic mass is 32.2. The molecule has 0 amide bonds. The summed E-state index contributed by atoms with van der Waals surface area (Å²) in [6.45, 7) is 0. The molecule has 0 aliphatic heterocycles. The van der Waals surface area contributed by atoms with Gasteiger partial charge in [0.1, 0.15) is 5.82 Å².